The van der Waals surface area contributed by atoms with Gasteiger partial charge in [-0.2, -0.15) is 0 Å². The normalized spacial score (nSPS) is 12.2. The summed E-state index contributed by atoms with van der Waals surface area (Å²) in [6.45, 7) is 9.23. The van der Waals surface area contributed by atoms with E-state index in [0.717, 1.165) is 0 Å². The maximum absolute atomic E-state index is 12.1. The molecule has 1 aromatic carbocycles. The number of esters is 2. The summed E-state index contributed by atoms with van der Waals surface area (Å²) in [5, 5.41) is 0. The molecule has 1 aromatic rings. The topological polar surface area (TPSA) is 61.8 Å². The summed E-state index contributed by atoms with van der Waals surface area (Å²) in [5.41, 5.74) is -0.0246. The van der Waals surface area contributed by atoms with Crippen LogP contribution in [0.1, 0.15) is 38.7 Å². The minimum Gasteiger partial charge on any atom is -0.489 e. The van der Waals surface area contributed by atoms with Gasteiger partial charge in [0.2, 0.25) is 0 Å². The van der Waals surface area contributed by atoms with E-state index in [-0.39, 0.29) is 6.42 Å². The van der Waals surface area contributed by atoms with Crippen LogP contribution in [0.3, 0.4) is 0 Å². The van der Waals surface area contributed by atoms with E-state index in [2.05, 4.69) is 6.58 Å². The molecule has 1 rings (SSSR count). The molecule has 0 radical (unpaired) electrons. The largest absolute Gasteiger partial charge is 0.489 e. The van der Waals surface area contributed by atoms with E-state index < -0.39 is 23.5 Å². The average molecular weight is 320 g/mol. The number of hydrogen-bond donors (Lipinski definition) is 0. The lowest BCUT2D eigenvalue weighted by molar-refractivity contribution is -0.158. The van der Waals surface area contributed by atoms with E-state index in [1.54, 1.807) is 51.1 Å². The van der Waals surface area contributed by atoms with Crippen LogP contribution in [0, 0.1) is 0 Å². The first kappa shape index (κ1) is 18.7. The molecular formula is C18H24O5. The number of benzene rings is 1. The smallest absolute Gasteiger partial charge is 0.313 e. The number of methoxy groups -OCH3 is 1. The maximum atomic E-state index is 12.1. The van der Waals surface area contributed by atoms with Crippen LogP contribution in [0.4, 0.5) is 0 Å². The van der Waals surface area contributed by atoms with Crippen LogP contribution in [0.25, 0.3) is 0 Å². The Hall–Kier alpha value is -2.30. The predicted molar refractivity (Wildman–Crippen MR) is 87.4 cm³/mol. The van der Waals surface area contributed by atoms with Crippen molar-refractivity contribution in [2.45, 2.75) is 38.7 Å². The standard InChI is InChI=1S/C18H24O5/c1-6-11-22-15-10-8-7-9-13(15)14(17(20)21-5)12-16(19)23-18(2,3)4/h6-10,14H,1,11-12H2,2-5H3/t14-/m1/s1. The molecule has 126 valence electrons. The van der Waals surface area contributed by atoms with Crippen molar-refractivity contribution in [3.63, 3.8) is 0 Å². The van der Waals surface area contributed by atoms with Gasteiger partial charge in [0.15, 0.2) is 0 Å². The highest BCUT2D eigenvalue weighted by Gasteiger charge is 2.29. The molecule has 0 spiro atoms. The third-order valence-corrected chi connectivity index (χ3v) is 2.93. The summed E-state index contributed by atoms with van der Waals surface area (Å²) in [6, 6.07) is 7.05. The molecule has 1 atom stereocenters. The van der Waals surface area contributed by atoms with Crippen LogP contribution < -0.4 is 4.74 Å². The molecule has 0 aliphatic rings. The minimum atomic E-state index is -0.782. The fourth-order valence-corrected chi connectivity index (χ4v) is 2.06. The zero-order valence-corrected chi connectivity index (χ0v) is 14.1. The van der Waals surface area contributed by atoms with Crippen molar-refractivity contribution in [1.82, 2.24) is 0 Å². The van der Waals surface area contributed by atoms with Gasteiger partial charge in [0.25, 0.3) is 0 Å². The highest BCUT2D eigenvalue weighted by Crippen LogP contribution is 2.31. The Bertz CT molecular complexity index is 557. The van der Waals surface area contributed by atoms with Crippen LogP contribution in [-0.2, 0) is 19.1 Å². The minimum absolute atomic E-state index is 0.113. The van der Waals surface area contributed by atoms with Crippen molar-refractivity contribution in [2.75, 3.05) is 13.7 Å². The molecule has 0 aliphatic heterocycles. The number of rotatable bonds is 7. The molecule has 0 aliphatic carbocycles. The third kappa shape index (κ3) is 6.14. The van der Waals surface area contributed by atoms with Gasteiger partial charge in [-0.15, -0.1) is 0 Å². The van der Waals surface area contributed by atoms with Crippen molar-refractivity contribution in [1.29, 1.82) is 0 Å². The van der Waals surface area contributed by atoms with Crippen molar-refractivity contribution in [2.24, 2.45) is 0 Å². The van der Waals surface area contributed by atoms with E-state index in [1.807, 2.05) is 0 Å². The molecule has 0 bridgehead atoms. The maximum Gasteiger partial charge on any atom is 0.313 e. The van der Waals surface area contributed by atoms with Gasteiger partial charge in [0.05, 0.1) is 19.4 Å². The fourth-order valence-electron chi connectivity index (χ4n) is 2.06. The van der Waals surface area contributed by atoms with Gasteiger partial charge in [-0.25, -0.2) is 0 Å². The molecule has 0 N–H and O–H groups in total. The first-order valence-electron chi connectivity index (χ1n) is 7.40. The van der Waals surface area contributed by atoms with E-state index >= 15 is 0 Å². The van der Waals surface area contributed by atoms with Crippen LogP contribution in [0.2, 0.25) is 0 Å². The molecule has 0 saturated carbocycles. The van der Waals surface area contributed by atoms with Gasteiger partial charge in [-0.1, -0.05) is 30.9 Å². The SMILES string of the molecule is C=CCOc1ccccc1[C@@H](CC(=O)OC(C)(C)C)C(=O)OC. The molecule has 5 nitrogen and oxygen atoms in total. The van der Waals surface area contributed by atoms with Crippen LogP contribution in [0.5, 0.6) is 5.75 Å². The summed E-state index contributed by atoms with van der Waals surface area (Å²) in [7, 11) is 1.29. The number of para-hydroxylation sites is 1. The van der Waals surface area contributed by atoms with Crippen LogP contribution in [-0.4, -0.2) is 31.3 Å². The first-order valence-corrected chi connectivity index (χ1v) is 7.40. The van der Waals surface area contributed by atoms with Gasteiger partial charge in [0.1, 0.15) is 18.0 Å². The summed E-state index contributed by atoms with van der Waals surface area (Å²) in [4.78, 5) is 24.2. The molecule has 0 unspecified atom stereocenters. The Morgan fingerprint density at radius 1 is 1.26 bits per heavy atom. The molecule has 0 saturated heterocycles. The van der Waals surface area contributed by atoms with E-state index in [0.29, 0.717) is 17.9 Å². The molecule has 5 heteroatoms. The van der Waals surface area contributed by atoms with Gasteiger partial charge in [-0.05, 0) is 26.8 Å². The van der Waals surface area contributed by atoms with Crippen molar-refractivity contribution in [3.8, 4) is 5.75 Å². The monoisotopic (exact) mass is 320 g/mol. The lowest BCUT2D eigenvalue weighted by Crippen LogP contribution is -2.27. The molecular weight excluding hydrogens is 296 g/mol. The number of ether oxygens (including phenoxy) is 3. The molecule has 0 amide bonds. The Morgan fingerprint density at radius 2 is 1.91 bits per heavy atom. The van der Waals surface area contributed by atoms with Crippen LogP contribution >= 0.6 is 0 Å². The van der Waals surface area contributed by atoms with Crippen molar-refractivity contribution < 1.29 is 23.8 Å². The fraction of sp³-hybridized carbons (Fsp3) is 0.444. The molecule has 0 fully saturated rings. The Balaban J connectivity index is 3.05. The number of carbonyl (C=O) groups excluding carboxylic acids is 2. The number of hydrogen-bond acceptors (Lipinski definition) is 5. The van der Waals surface area contributed by atoms with Crippen molar-refractivity contribution >= 4 is 11.9 Å². The average Bonchev–Trinajstić information content (AvgIpc) is 2.48. The second-order valence-corrected chi connectivity index (χ2v) is 6.00. The van der Waals surface area contributed by atoms with Crippen LogP contribution in [0.15, 0.2) is 36.9 Å². The van der Waals surface area contributed by atoms with Gasteiger partial charge >= 0.3 is 11.9 Å². The summed E-state index contributed by atoms with van der Waals surface area (Å²) in [6.07, 6.45) is 1.50. The van der Waals surface area contributed by atoms with Crippen molar-refractivity contribution in [3.05, 3.63) is 42.5 Å². The quantitative estimate of drug-likeness (QED) is 0.570. The van der Waals surface area contributed by atoms with E-state index in [1.165, 1.54) is 7.11 Å². The first-order chi connectivity index (χ1) is 10.8. The lowest BCUT2D eigenvalue weighted by Gasteiger charge is -2.22. The highest BCUT2D eigenvalue weighted by atomic mass is 16.6. The third-order valence-electron chi connectivity index (χ3n) is 2.93. The number of carbonyl (C=O) groups is 2. The van der Waals surface area contributed by atoms with E-state index in [4.69, 9.17) is 14.2 Å². The zero-order valence-electron chi connectivity index (χ0n) is 14.1. The Kier molecular flexibility index (Phi) is 6.82. The summed E-state index contributed by atoms with van der Waals surface area (Å²) < 4.78 is 15.7. The second-order valence-electron chi connectivity index (χ2n) is 6.00. The van der Waals surface area contributed by atoms with Gasteiger partial charge in [0, 0.05) is 5.56 Å². The zero-order chi connectivity index (χ0) is 17.5. The van der Waals surface area contributed by atoms with Gasteiger partial charge < -0.3 is 14.2 Å². The highest BCUT2D eigenvalue weighted by molar-refractivity contribution is 5.85. The Morgan fingerprint density at radius 3 is 2.48 bits per heavy atom. The van der Waals surface area contributed by atoms with Gasteiger partial charge in [-0.3, -0.25) is 9.59 Å². The molecule has 23 heavy (non-hydrogen) atoms. The lowest BCUT2D eigenvalue weighted by atomic mass is 9.94. The molecule has 0 heterocycles. The molecule has 0 aromatic heterocycles. The summed E-state index contributed by atoms with van der Waals surface area (Å²) in [5.74, 6) is -1.24. The Labute approximate surface area is 137 Å². The summed E-state index contributed by atoms with van der Waals surface area (Å²) >= 11 is 0. The van der Waals surface area contributed by atoms with E-state index in [9.17, 15) is 9.59 Å². The predicted octanol–water partition coefficient (Wildman–Crippen LogP) is 3.24. The second kappa shape index (κ2) is 8.36.